The van der Waals surface area contributed by atoms with Crippen LogP contribution in [0.25, 0.3) is 0 Å². The molecule has 1 atom stereocenters. The molecule has 1 aliphatic heterocycles. The van der Waals surface area contributed by atoms with E-state index in [4.69, 9.17) is 9.52 Å². The Bertz CT molecular complexity index is 780. The summed E-state index contributed by atoms with van der Waals surface area (Å²) in [7, 11) is 0. The van der Waals surface area contributed by atoms with Crippen LogP contribution in [0.3, 0.4) is 0 Å². The van der Waals surface area contributed by atoms with Crippen LogP contribution in [0.2, 0.25) is 0 Å². The largest absolute Gasteiger partial charge is 0.481 e. The van der Waals surface area contributed by atoms with Crippen molar-refractivity contribution in [3.8, 4) is 0 Å². The topological polar surface area (TPSA) is 70.7 Å². The number of nitrogens with zero attached hydrogens (tertiary/aromatic N) is 1. The molecule has 0 radical (unpaired) electrons. The highest BCUT2D eigenvalue weighted by Gasteiger charge is 2.41. The van der Waals surface area contributed by atoms with Gasteiger partial charge in [0, 0.05) is 17.6 Å². The molecule has 3 rings (SSSR count). The molecule has 5 nitrogen and oxygen atoms in total. The van der Waals surface area contributed by atoms with Gasteiger partial charge in [-0.25, -0.2) is 0 Å². The smallest absolute Gasteiger partial charge is 0.311 e. The summed E-state index contributed by atoms with van der Waals surface area (Å²) in [6.07, 6.45) is 3.85. The van der Waals surface area contributed by atoms with Crippen LogP contribution in [0.4, 0.5) is 0 Å². The molecule has 2 aromatic rings. The lowest BCUT2D eigenvalue weighted by atomic mass is 9.89. The molecule has 1 saturated heterocycles. The number of carbonyl (C=O) groups is 2. The zero-order chi connectivity index (χ0) is 18.0. The molecular weight excluding hydrogens is 318 g/mol. The van der Waals surface area contributed by atoms with Crippen molar-refractivity contribution in [2.24, 2.45) is 0 Å². The molecule has 0 spiro atoms. The van der Waals surface area contributed by atoms with Crippen LogP contribution in [0.15, 0.2) is 41.0 Å². The van der Waals surface area contributed by atoms with Gasteiger partial charge >= 0.3 is 5.97 Å². The molecule has 0 bridgehead atoms. The minimum atomic E-state index is -1.00. The van der Waals surface area contributed by atoms with E-state index in [0.717, 1.165) is 19.3 Å². The number of carbonyl (C=O) groups excluding carboxylic acids is 1. The van der Waals surface area contributed by atoms with Crippen molar-refractivity contribution < 1.29 is 19.1 Å². The summed E-state index contributed by atoms with van der Waals surface area (Å²) in [5, 5.41) is 9.06. The van der Waals surface area contributed by atoms with Crippen molar-refractivity contribution in [1.82, 2.24) is 4.90 Å². The Hall–Kier alpha value is -2.56. The molecule has 25 heavy (non-hydrogen) atoms. The van der Waals surface area contributed by atoms with Gasteiger partial charge in [0.15, 0.2) is 0 Å². The van der Waals surface area contributed by atoms with Crippen LogP contribution >= 0.6 is 0 Å². The molecule has 1 fully saturated rings. The van der Waals surface area contributed by atoms with Crippen molar-refractivity contribution in [3.05, 3.63) is 59.0 Å². The summed E-state index contributed by atoms with van der Waals surface area (Å²) >= 11 is 0. The van der Waals surface area contributed by atoms with Gasteiger partial charge in [0.25, 0.3) is 5.91 Å². The van der Waals surface area contributed by atoms with Crippen molar-refractivity contribution >= 4 is 11.9 Å². The van der Waals surface area contributed by atoms with Gasteiger partial charge in [-0.2, -0.15) is 0 Å². The van der Waals surface area contributed by atoms with Crippen molar-refractivity contribution in [3.63, 3.8) is 0 Å². The average molecular weight is 341 g/mol. The standard InChI is InChI=1S/C20H23NO4/c1-14-13-25-16(11-17(22)23)18(14)19(24)21-10-6-9-20(21,2)12-15-7-4-3-5-8-15/h3-5,7-8,13H,6,9-12H2,1-2H3,(H,22,23). The number of amides is 1. The van der Waals surface area contributed by atoms with Crippen LogP contribution in [0.1, 0.15) is 47.0 Å². The molecule has 1 aromatic carbocycles. The lowest BCUT2D eigenvalue weighted by molar-refractivity contribution is -0.136. The zero-order valence-corrected chi connectivity index (χ0v) is 14.6. The number of carboxylic acid groups (broad SMARTS) is 1. The molecule has 132 valence electrons. The summed E-state index contributed by atoms with van der Waals surface area (Å²) < 4.78 is 5.35. The van der Waals surface area contributed by atoms with Crippen LogP contribution in [0, 0.1) is 6.92 Å². The van der Waals surface area contributed by atoms with Gasteiger partial charge in [0.2, 0.25) is 0 Å². The van der Waals surface area contributed by atoms with E-state index in [1.54, 1.807) is 6.92 Å². The highest BCUT2D eigenvalue weighted by atomic mass is 16.4. The first-order valence-corrected chi connectivity index (χ1v) is 8.55. The summed E-state index contributed by atoms with van der Waals surface area (Å²) in [4.78, 5) is 26.2. The minimum Gasteiger partial charge on any atom is -0.481 e. The van der Waals surface area contributed by atoms with E-state index < -0.39 is 5.97 Å². The van der Waals surface area contributed by atoms with E-state index in [0.29, 0.717) is 17.7 Å². The molecule has 1 N–H and O–H groups in total. The fourth-order valence-electron chi connectivity index (χ4n) is 3.78. The normalized spacial score (nSPS) is 20.0. The second kappa shape index (κ2) is 6.75. The lowest BCUT2D eigenvalue weighted by Crippen LogP contribution is -2.47. The van der Waals surface area contributed by atoms with E-state index in [9.17, 15) is 9.59 Å². The number of likely N-dealkylation sites (tertiary alicyclic amines) is 1. The monoisotopic (exact) mass is 341 g/mol. The molecule has 1 aromatic heterocycles. The first-order chi connectivity index (χ1) is 11.9. The Kier molecular flexibility index (Phi) is 4.66. The van der Waals surface area contributed by atoms with Crippen LogP contribution < -0.4 is 0 Å². The quantitative estimate of drug-likeness (QED) is 0.904. The van der Waals surface area contributed by atoms with E-state index in [-0.39, 0.29) is 23.6 Å². The molecule has 2 heterocycles. The molecule has 5 heteroatoms. The van der Waals surface area contributed by atoms with Gasteiger partial charge in [-0.05, 0) is 38.7 Å². The van der Waals surface area contributed by atoms with Crippen LogP contribution in [0.5, 0.6) is 0 Å². The Morgan fingerprint density at radius 2 is 2.00 bits per heavy atom. The summed E-state index contributed by atoms with van der Waals surface area (Å²) in [5.74, 6) is -0.890. The number of aryl methyl sites for hydroxylation is 1. The Balaban J connectivity index is 1.89. The van der Waals surface area contributed by atoms with E-state index >= 15 is 0 Å². The second-order valence-corrected chi connectivity index (χ2v) is 7.01. The first kappa shape index (κ1) is 17.3. The van der Waals surface area contributed by atoms with Crippen LogP contribution in [-0.2, 0) is 17.6 Å². The van der Waals surface area contributed by atoms with Gasteiger partial charge in [0.1, 0.15) is 12.2 Å². The van der Waals surface area contributed by atoms with Gasteiger partial charge in [-0.15, -0.1) is 0 Å². The maximum absolute atomic E-state index is 13.2. The number of furan rings is 1. The third-order valence-electron chi connectivity index (χ3n) is 5.00. The van der Waals surface area contributed by atoms with Crippen molar-refractivity contribution in [2.75, 3.05) is 6.54 Å². The lowest BCUT2D eigenvalue weighted by Gasteiger charge is -2.36. The third kappa shape index (κ3) is 3.45. The average Bonchev–Trinajstić information content (AvgIpc) is 3.10. The number of carboxylic acids is 1. The fraction of sp³-hybridized carbons (Fsp3) is 0.400. The molecular formula is C20H23NO4. The van der Waals surface area contributed by atoms with Gasteiger partial charge < -0.3 is 14.4 Å². The minimum absolute atomic E-state index is 0.126. The molecule has 1 aliphatic rings. The Morgan fingerprint density at radius 3 is 2.68 bits per heavy atom. The maximum atomic E-state index is 13.2. The van der Waals surface area contributed by atoms with Crippen LogP contribution in [-0.4, -0.2) is 34.0 Å². The Labute approximate surface area is 147 Å². The predicted octanol–water partition coefficient (Wildman–Crippen LogP) is 3.45. The molecule has 0 aliphatic carbocycles. The first-order valence-electron chi connectivity index (χ1n) is 8.55. The molecule has 1 amide bonds. The summed E-state index contributed by atoms with van der Waals surface area (Å²) in [5.41, 5.74) is 2.01. The van der Waals surface area contributed by atoms with Gasteiger partial charge in [0.05, 0.1) is 11.8 Å². The SMILES string of the molecule is Cc1coc(CC(=O)O)c1C(=O)N1CCCC1(C)Cc1ccccc1. The number of benzene rings is 1. The number of hydrogen-bond acceptors (Lipinski definition) is 3. The van der Waals surface area contributed by atoms with Gasteiger partial charge in [-0.3, -0.25) is 9.59 Å². The van der Waals surface area contributed by atoms with E-state index in [1.807, 2.05) is 23.1 Å². The highest BCUT2D eigenvalue weighted by molar-refractivity contribution is 5.98. The van der Waals surface area contributed by atoms with E-state index in [2.05, 4.69) is 19.1 Å². The number of aliphatic carboxylic acids is 1. The Morgan fingerprint density at radius 1 is 1.28 bits per heavy atom. The molecule has 1 unspecified atom stereocenters. The second-order valence-electron chi connectivity index (χ2n) is 7.01. The summed E-state index contributed by atoms with van der Waals surface area (Å²) in [6.45, 7) is 4.57. The van der Waals surface area contributed by atoms with Gasteiger partial charge in [-0.1, -0.05) is 30.3 Å². The van der Waals surface area contributed by atoms with E-state index in [1.165, 1.54) is 11.8 Å². The maximum Gasteiger partial charge on any atom is 0.311 e. The number of rotatable bonds is 5. The third-order valence-corrected chi connectivity index (χ3v) is 5.00. The fourth-order valence-corrected chi connectivity index (χ4v) is 3.78. The molecule has 0 saturated carbocycles. The van der Waals surface area contributed by atoms with Crippen molar-refractivity contribution in [1.29, 1.82) is 0 Å². The number of hydrogen-bond donors (Lipinski definition) is 1. The zero-order valence-electron chi connectivity index (χ0n) is 14.6. The predicted molar refractivity (Wildman–Crippen MR) is 93.6 cm³/mol. The highest BCUT2D eigenvalue weighted by Crippen LogP contribution is 2.35. The summed E-state index contributed by atoms with van der Waals surface area (Å²) in [6, 6.07) is 10.1. The van der Waals surface area contributed by atoms with Crippen molar-refractivity contribution in [2.45, 2.75) is 45.1 Å².